The molecule has 1 saturated carbocycles. The van der Waals surface area contributed by atoms with Crippen molar-refractivity contribution in [3.8, 4) is 11.5 Å². The van der Waals surface area contributed by atoms with E-state index in [0.717, 1.165) is 49.1 Å². The number of benzene rings is 1. The predicted octanol–water partition coefficient (Wildman–Crippen LogP) is 5.50. The van der Waals surface area contributed by atoms with Crippen LogP contribution >= 0.6 is 0 Å². The van der Waals surface area contributed by atoms with Crippen LogP contribution in [0.5, 0.6) is 11.5 Å². The Hall–Kier alpha value is -1.26. The van der Waals surface area contributed by atoms with Gasteiger partial charge in [-0.2, -0.15) is 0 Å². The van der Waals surface area contributed by atoms with Gasteiger partial charge in [-0.15, -0.1) is 0 Å². The van der Waals surface area contributed by atoms with Gasteiger partial charge in [0.05, 0.1) is 0 Å². The second-order valence-corrected chi connectivity index (χ2v) is 10.8. The first-order chi connectivity index (χ1) is 14.2. The summed E-state index contributed by atoms with van der Waals surface area (Å²) < 4.78 is 6.51. The van der Waals surface area contributed by atoms with E-state index in [9.17, 15) is 10.2 Å². The monoisotopic (exact) mass is 417 g/mol. The van der Waals surface area contributed by atoms with Gasteiger partial charge in [0.25, 0.3) is 0 Å². The lowest BCUT2D eigenvalue weighted by atomic mass is 9.63. The first-order valence-corrected chi connectivity index (χ1v) is 12.0. The Bertz CT molecular complexity index is 712. The fraction of sp³-hybridized carbons (Fsp3) is 0.769. The first kappa shape index (κ1) is 23.4. The molecule has 1 aromatic carbocycles. The molecule has 0 spiro atoms. The highest BCUT2D eigenvalue weighted by molar-refractivity contribution is 5.53. The SMILES string of the molecule is CNCCCCCCC(C)(C)c1cc(O)c2c(c1)OC(C)(C)[C@@H]1CC[C@@H](CO)C[C@@H]21. The van der Waals surface area contributed by atoms with E-state index >= 15 is 0 Å². The van der Waals surface area contributed by atoms with Crippen LogP contribution in [0.15, 0.2) is 12.1 Å². The number of hydrogen-bond acceptors (Lipinski definition) is 4. The Morgan fingerprint density at radius 1 is 1.13 bits per heavy atom. The molecule has 3 atom stereocenters. The number of fused-ring (bicyclic) bond motifs is 3. The van der Waals surface area contributed by atoms with Crippen molar-refractivity contribution >= 4 is 0 Å². The molecule has 0 unspecified atom stereocenters. The zero-order valence-corrected chi connectivity index (χ0v) is 19.8. The Morgan fingerprint density at radius 3 is 2.57 bits per heavy atom. The van der Waals surface area contributed by atoms with Gasteiger partial charge in [0, 0.05) is 18.1 Å². The Balaban J connectivity index is 1.80. The second kappa shape index (κ2) is 9.48. The van der Waals surface area contributed by atoms with Crippen LogP contribution in [0.4, 0.5) is 0 Å². The molecule has 0 radical (unpaired) electrons. The minimum absolute atomic E-state index is 0.0000659. The molecule has 0 bridgehead atoms. The average Bonchev–Trinajstić information content (AvgIpc) is 2.69. The topological polar surface area (TPSA) is 61.7 Å². The molecular formula is C26H43NO3. The third kappa shape index (κ3) is 4.96. The lowest BCUT2D eigenvalue weighted by Gasteiger charge is -2.49. The Kier molecular flexibility index (Phi) is 7.40. The molecule has 1 fully saturated rings. The van der Waals surface area contributed by atoms with Gasteiger partial charge in [0.1, 0.15) is 17.1 Å². The van der Waals surface area contributed by atoms with Crippen LogP contribution in [0.3, 0.4) is 0 Å². The molecule has 0 amide bonds. The number of nitrogens with one attached hydrogen (secondary N) is 1. The molecule has 3 rings (SSSR count). The second-order valence-electron chi connectivity index (χ2n) is 10.8. The molecular weight excluding hydrogens is 374 g/mol. The van der Waals surface area contributed by atoms with Crippen LogP contribution in [-0.4, -0.2) is 36.0 Å². The van der Waals surface area contributed by atoms with Crippen LogP contribution in [0.25, 0.3) is 0 Å². The molecule has 4 heteroatoms. The maximum absolute atomic E-state index is 11.1. The fourth-order valence-corrected chi connectivity index (χ4v) is 5.76. The number of phenols is 1. The predicted molar refractivity (Wildman–Crippen MR) is 124 cm³/mol. The minimum atomic E-state index is -0.249. The highest BCUT2D eigenvalue weighted by atomic mass is 16.5. The van der Waals surface area contributed by atoms with E-state index in [-0.39, 0.29) is 23.5 Å². The number of hydrogen-bond donors (Lipinski definition) is 3. The largest absolute Gasteiger partial charge is 0.508 e. The smallest absolute Gasteiger partial charge is 0.127 e. The van der Waals surface area contributed by atoms with Crippen LogP contribution in [0.1, 0.15) is 96.1 Å². The lowest BCUT2D eigenvalue weighted by Crippen LogP contribution is -2.47. The number of unbranched alkanes of at least 4 members (excludes halogenated alkanes) is 3. The molecule has 0 aromatic heterocycles. The third-order valence-electron chi connectivity index (χ3n) is 7.73. The number of aromatic hydroxyl groups is 1. The molecule has 1 aliphatic heterocycles. The van der Waals surface area contributed by atoms with Gasteiger partial charge in [0.15, 0.2) is 0 Å². The van der Waals surface area contributed by atoms with Gasteiger partial charge < -0.3 is 20.3 Å². The number of phenolic OH excluding ortho intramolecular Hbond substituents is 1. The quantitative estimate of drug-likeness (QED) is 0.464. The highest BCUT2D eigenvalue weighted by Gasteiger charge is 2.47. The number of ether oxygens (including phenoxy) is 1. The zero-order chi connectivity index (χ0) is 21.9. The standard InChI is InChI=1S/C26H43NO3/c1-25(2,12-8-6-7-9-13-27-5)19-15-22(29)24-20-14-18(17-28)10-11-21(20)26(3,4)30-23(24)16-19/h15-16,18,20-21,27-29H,6-14,17H2,1-5H3/t18-,20-,21-/m1/s1. The van der Waals surface area contributed by atoms with Crippen molar-refractivity contribution in [1.82, 2.24) is 5.32 Å². The summed E-state index contributed by atoms with van der Waals surface area (Å²) in [7, 11) is 2.01. The van der Waals surface area contributed by atoms with Gasteiger partial charge in [-0.1, -0.05) is 33.1 Å². The average molecular weight is 418 g/mol. The minimum Gasteiger partial charge on any atom is -0.508 e. The third-order valence-corrected chi connectivity index (χ3v) is 7.73. The van der Waals surface area contributed by atoms with Crippen molar-refractivity contribution in [3.63, 3.8) is 0 Å². The molecule has 3 N–H and O–H groups in total. The Morgan fingerprint density at radius 2 is 1.87 bits per heavy atom. The molecule has 1 heterocycles. The van der Waals surface area contributed by atoms with Gasteiger partial charge >= 0.3 is 0 Å². The normalized spacial score (nSPS) is 25.3. The fourth-order valence-electron chi connectivity index (χ4n) is 5.76. The summed E-state index contributed by atoms with van der Waals surface area (Å²) in [6.45, 7) is 10.3. The summed E-state index contributed by atoms with van der Waals surface area (Å²) in [4.78, 5) is 0. The van der Waals surface area contributed by atoms with Crippen LogP contribution < -0.4 is 10.1 Å². The molecule has 2 aliphatic rings. The maximum atomic E-state index is 11.1. The summed E-state index contributed by atoms with van der Waals surface area (Å²) in [5.41, 5.74) is 1.89. The molecule has 170 valence electrons. The van der Waals surface area contributed by atoms with E-state index in [1.165, 1.54) is 25.7 Å². The van der Waals surface area contributed by atoms with Crippen molar-refractivity contribution in [1.29, 1.82) is 0 Å². The molecule has 4 nitrogen and oxygen atoms in total. The van der Waals surface area contributed by atoms with E-state index in [0.29, 0.717) is 17.6 Å². The van der Waals surface area contributed by atoms with Crippen molar-refractivity contribution in [2.45, 2.75) is 96.0 Å². The summed E-state index contributed by atoms with van der Waals surface area (Å²) >= 11 is 0. The van der Waals surface area contributed by atoms with Gasteiger partial charge in [-0.3, -0.25) is 0 Å². The van der Waals surface area contributed by atoms with Crippen LogP contribution in [0.2, 0.25) is 0 Å². The molecule has 0 saturated heterocycles. The van der Waals surface area contributed by atoms with Gasteiger partial charge in [0.2, 0.25) is 0 Å². The Labute approximate surface area is 183 Å². The van der Waals surface area contributed by atoms with E-state index in [1.807, 2.05) is 13.1 Å². The molecule has 1 aromatic rings. The summed E-state index contributed by atoms with van der Waals surface area (Å²) in [5, 5.41) is 24.0. The first-order valence-electron chi connectivity index (χ1n) is 12.0. The maximum Gasteiger partial charge on any atom is 0.127 e. The summed E-state index contributed by atoms with van der Waals surface area (Å²) in [6, 6.07) is 4.18. The number of aliphatic hydroxyl groups excluding tert-OH is 1. The zero-order valence-electron chi connectivity index (χ0n) is 19.8. The number of aliphatic hydroxyl groups is 1. The van der Waals surface area contributed by atoms with Crippen molar-refractivity contribution in [2.75, 3.05) is 20.2 Å². The van der Waals surface area contributed by atoms with Crippen molar-refractivity contribution in [2.24, 2.45) is 11.8 Å². The molecule has 30 heavy (non-hydrogen) atoms. The van der Waals surface area contributed by atoms with E-state index in [4.69, 9.17) is 4.74 Å². The highest BCUT2D eigenvalue weighted by Crippen LogP contribution is 2.56. The lowest BCUT2D eigenvalue weighted by molar-refractivity contribution is -0.0211. The van der Waals surface area contributed by atoms with E-state index < -0.39 is 0 Å². The van der Waals surface area contributed by atoms with E-state index in [2.05, 4.69) is 39.1 Å². The van der Waals surface area contributed by atoms with Gasteiger partial charge in [-0.05, 0) is 94.5 Å². The van der Waals surface area contributed by atoms with E-state index in [1.54, 1.807) is 0 Å². The van der Waals surface area contributed by atoms with Gasteiger partial charge in [-0.25, -0.2) is 0 Å². The number of rotatable bonds is 9. The summed E-state index contributed by atoms with van der Waals surface area (Å²) in [5.74, 6) is 2.21. The molecule has 1 aliphatic carbocycles. The summed E-state index contributed by atoms with van der Waals surface area (Å²) in [6.07, 6.45) is 9.07. The van der Waals surface area contributed by atoms with Crippen molar-refractivity contribution < 1.29 is 14.9 Å². The van der Waals surface area contributed by atoms with Crippen molar-refractivity contribution in [3.05, 3.63) is 23.3 Å². The van der Waals surface area contributed by atoms with Crippen LogP contribution in [0, 0.1) is 11.8 Å². The van der Waals surface area contributed by atoms with Crippen LogP contribution in [-0.2, 0) is 5.41 Å².